The molecule has 1 heterocycles. The summed E-state index contributed by atoms with van der Waals surface area (Å²) >= 11 is 0.690. The average molecular weight is 401 g/mol. The van der Waals surface area contributed by atoms with Crippen molar-refractivity contribution in [2.75, 3.05) is 14.1 Å². The van der Waals surface area contributed by atoms with Gasteiger partial charge in [0.25, 0.3) is 5.91 Å². The summed E-state index contributed by atoms with van der Waals surface area (Å²) in [5, 5.41) is 2.51. The number of benzene rings is 1. The van der Waals surface area contributed by atoms with Crippen LogP contribution in [0.5, 0.6) is 0 Å². The fraction of sp³-hybridized carbons (Fsp3) is 0.353. The highest BCUT2D eigenvalue weighted by Gasteiger charge is 2.30. The molecule has 0 saturated heterocycles. The van der Waals surface area contributed by atoms with Crippen LogP contribution in [-0.4, -0.2) is 35.4 Å². The number of nitrogens with one attached hydrogen (secondary N) is 1. The molecular weight excluding hydrogens is 383 g/mol. The molecule has 6 nitrogen and oxygen atoms in total. The van der Waals surface area contributed by atoms with Crippen LogP contribution >= 0.6 is 11.3 Å². The minimum absolute atomic E-state index is 0.120. The highest BCUT2D eigenvalue weighted by Crippen LogP contribution is 2.29. The first-order valence-corrected chi connectivity index (χ1v) is 8.67. The highest BCUT2D eigenvalue weighted by molar-refractivity contribution is 7.11. The van der Waals surface area contributed by atoms with Crippen LogP contribution in [0.15, 0.2) is 29.1 Å². The van der Waals surface area contributed by atoms with Gasteiger partial charge in [-0.05, 0) is 24.6 Å². The standard InChI is InChI=1S/C17H18F3N3O3S/c1-10-14(27-16(26)23(10)9-13(24)22(2)3)15(25)21-8-11-5-4-6-12(7-11)17(18,19)20/h4-7H,8-9H2,1-3H3,(H,21,25). The molecule has 0 aliphatic heterocycles. The lowest BCUT2D eigenvalue weighted by molar-refractivity contribution is -0.137. The van der Waals surface area contributed by atoms with E-state index in [2.05, 4.69) is 5.32 Å². The summed E-state index contributed by atoms with van der Waals surface area (Å²) in [4.78, 5) is 37.2. The van der Waals surface area contributed by atoms with Crippen molar-refractivity contribution in [1.82, 2.24) is 14.8 Å². The first-order valence-electron chi connectivity index (χ1n) is 7.85. The van der Waals surface area contributed by atoms with Gasteiger partial charge in [-0.3, -0.25) is 19.0 Å². The summed E-state index contributed by atoms with van der Waals surface area (Å²) in [6.45, 7) is 1.24. The number of likely N-dealkylation sites (N-methyl/N-ethyl adjacent to an activating group) is 1. The zero-order valence-corrected chi connectivity index (χ0v) is 15.7. The SMILES string of the molecule is Cc1c(C(=O)NCc2cccc(C(F)(F)F)c2)sc(=O)n1CC(=O)N(C)C. The van der Waals surface area contributed by atoms with Crippen molar-refractivity contribution >= 4 is 23.2 Å². The molecule has 0 aliphatic carbocycles. The van der Waals surface area contributed by atoms with Gasteiger partial charge >= 0.3 is 11.0 Å². The normalized spacial score (nSPS) is 11.3. The molecule has 10 heteroatoms. The summed E-state index contributed by atoms with van der Waals surface area (Å²) in [5.41, 5.74) is -0.185. The second-order valence-corrected chi connectivity index (χ2v) is 7.00. The van der Waals surface area contributed by atoms with Crippen molar-refractivity contribution < 1.29 is 22.8 Å². The van der Waals surface area contributed by atoms with Gasteiger partial charge in [0.1, 0.15) is 11.4 Å². The quantitative estimate of drug-likeness (QED) is 0.836. The molecule has 0 bridgehead atoms. The summed E-state index contributed by atoms with van der Waals surface area (Å²) in [6.07, 6.45) is -4.47. The van der Waals surface area contributed by atoms with Gasteiger partial charge in [0, 0.05) is 26.3 Å². The van der Waals surface area contributed by atoms with Gasteiger partial charge in [-0.1, -0.05) is 23.5 Å². The molecule has 2 aromatic rings. The van der Waals surface area contributed by atoms with E-state index in [1.165, 1.54) is 21.6 Å². The summed E-state index contributed by atoms with van der Waals surface area (Å²) in [6, 6.07) is 4.63. The third-order valence-electron chi connectivity index (χ3n) is 3.85. The van der Waals surface area contributed by atoms with Gasteiger partial charge < -0.3 is 10.2 Å². The molecule has 1 aromatic heterocycles. The number of rotatable bonds is 5. The fourth-order valence-electron chi connectivity index (χ4n) is 2.27. The Bertz CT molecular complexity index is 916. The number of aromatic nitrogens is 1. The van der Waals surface area contributed by atoms with Crippen LogP contribution in [0, 0.1) is 6.92 Å². The highest BCUT2D eigenvalue weighted by atomic mass is 32.1. The first kappa shape index (κ1) is 20.7. The lowest BCUT2D eigenvalue weighted by atomic mass is 10.1. The van der Waals surface area contributed by atoms with Crippen LogP contribution < -0.4 is 10.2 Å². The Hall–Kier alpha value is -2.62. The van der Waals surface area contributed by atoms with Crippen molar-refractivity contribution in [3.05, 3.63) is 55.6 Å². The minimum Gasteiger partial charge on any atom is -0.347 e. The third-order valence-corrected chi connectivity index (χ3v) is 4.93. The lowest BCUT2D eigenvalue weighted by Gasteiger charge is -2.11. The minimum atomic E-state index is -4.47. The number of hydrogen-bond donors (Lipinski definition) is 1. The van der Waals surface area contributed by atoms with Gasteiger partial charge in [0.2, 0.25) is 5.91 Å². The lowest BCUT2D eigenvalue weighted by Crippen LogP contribution is -2.30. The Morgan fingerprint density at radius 3 is 2.52 bits per heavy atom. The molecule has 0 fully saturated rings. The van der Waals surface area contributed by atoms with Crippen LogP contribution in [0.4, 0.5) is 13.2 Å². The second kappa shape index (κ2) is 7.95. The molecule has 1 N–H and O–H groups in total. The molecule has 0 saturated carbocycles. The summed E-state index contributed by atoms with van der Waals surface area (Å²) in [7, 11) is 3.11. The molecule has 1 aromatic carbocycles. The summed E-state index contributed by atoms with van der Waals surface area (Å²) < 4.78 is 39.4. The maximum absolute atomic E-state index is 12.7. The molecule has 0 spiro atoms. The van der Waals surface area contributed by atoms with E-state index in [9.17, 15) is 27.6 Å². The number of carbonyl (C=O) groups is 2. The number of amides is 2. The molecule has 146 valence electrons. The monoisotopic (exact) mass is 401 g/mol. The Kier molecular flexibility index (Phi) is 6.09. The van der Waals surface area contributed by atoms with E-state index in [4.69, 9.17) is 0 Å². The number of thiazole rings is 1. The van der Waals surface area contributed by atoms with Crippen LogP contribution in [0.2, 0.25) is 0 Å². The molecule has 27 heavy (non-hydrogen) atoms. The average Bonchev–Trinajstić information content (AvgIpc) is 2.87. The van der Waals surface area contributed by atoms with E-state index >= 15 is 0 Å². The Morgan fingerprint density at radius 2 is 1.93 bits per heavy atom. The van der Waals surface area contributed by atoms with Gasteiger partial charge in [-0.2, -0.15) is 13.2 Å². The zero-order chi connectivity index (χ0) is 20.4. The van der Waals surface area contributed by atoms with E-state index in [1.54, 1.807) is 21.0 Å². The zero-order valence-electron chi connectivity index (χ0n) is 14.9. The van der Waals surface area contributed by atoms with Crippen LogP contribution in [0.25, 0.3) is 0 Å². The number of halogens is 3. The van der Waals surface area contributed by atoms with E-state index in [1.807, 2.05) is 0 Å². The van der Waals surface area contributed by atoms with E-state index in [0.29, 0.717) is 17.0 Å². The fourth-order valence-corrected chi connectivity index (χ4v) is 3.18. The predicted molar refractivity (Wildman–Crippen MR) is 94.6 cm³/mol. The Balaban J connectivity index is 2.13. The predicted octanol–water partition coefficient (Wildman–Crippen LogP) is 2.26. The van der Waals surface area contributed by atoms with Crippen molar-refractivity contribution in [2.24, 2.45) is 0 Å². The molecular formula is C17H18F3N3O3S. The van der Waals surface area contributed by atoms with Gasteiger partial charge in [0.05, 0.1) is 5.56 Å². The number of nitrogens with zero attached hydrogens (tertiary/aromatic N) is 2. The maximum atomic E-state index is 12.7. The van der Waals surface area contributed by atoms with Gasteiger partial charge in [0.15, 0.2) is 0 Å². The largest absolute Gasteiger partial charge is 0.416 e. The molecule has 0 aliphatic rings. The van der Waals surface area contributed by atoms with Crippen LogP contribution in [0.3, 0.4) is 0 Å². The number of carbonyl (C=O) groups excluding carboxylic acids is 2. The van der Waals surface area contributed by atoms with Crippen molar-refractivity contribution in [2.45, 2.75) is 26.2 Å². The molecule has 0 radical (unpaired) electrons. The third kappa shape index (κ3) is 4.97. The van der Waals surface area contributed by atoms with Crippen molar-refractivity contribution in [3.8, 4) is 0 Å². The van der Waals surface area contributed by atoms with Crippen LogP contribution in [0.1, 0.15) is 26.5 Å². The van der Waals surface area contributed by atoms with E-state index in [-0.39, 0.29) is 29.4 Å². The van der Waals surface area contributed by atoms with Crippen LogP contribution in [-0.2, 0) is 24.1 Å². The Labute approximate surface area is 157 Å². The Morgan fingerprint density at radius 1 is 1.26 bits per heavy atom. The molecule has 0 atom stereocenters. The second-order valence-electron chi connectivity index (χ2n) is 6.04. The van der Waals surface area contributed by atoms with Crippen molar-refractivity contribution in [3.63, 3.8) is 0 Å². The van der Waals surface area contributed by atoms with Gasteiger partial charge in [-0.25, -0.2) is 0 Å². The smallest absolute Gasteiger partial charge is 0.347 e. The molecule has 2 amide bonds. The van der Waals surface area contributed by atoms with Crippen molar-refractivity contribution in [1.29, 1.82) is 0 Å². The molecule has 2 rings (SSSR count). The topological polar surface area (TPSA) is 71.4 Å². The van der Waals surface area contributed by atoms with Gasteiger partial charge in [-0.15, -0.1) is 0 Å². The molecule has 0 unspecified atom stereocenters. The van der Waals surface area contributed by atoms with E-state index < -0.39 is 22.5 Å². The maximum Gasteiger partial charge on any atom is 0.416 e. The number of hydrogen-bond acceptors (Lipinski definition) is 4. The van der Waals surface area contributed by atoms with E-state index in [0.717, 1.165) is 12.1 Å². The first-order chi connectivity index (χ1) is 12.5. The summed E-state index contributed by atoms with van der Waals surface area (Å²) in [5.74, 6) is -0.878. The number of alkyl halides is 3.